The van der Waals surface area contributed by atoms with Crippen LogP contribution in [0.5, 0.6) is 0 Å². The van der Waals surface area contributed by atoms with Crippen molar-refractivity contribution in [1.29, 1.82) is 0 Å². The number of amides is 1. The average molecular weight is 303 g/mol. The smallest absolute Gasteiger partial charge is 0.319 e. The molecule has 0 atom stereocenters. The number of ether oxygens (including phenoxy) is 1. The van der Waals surface area contributed by atoms with E-state index >= 15 is 0 Å². The number of aliphatic carboxylic acids is 1. The molecule has 1 aromatic carbocycles. The maximum atomic E-state index is 12.1. The summed E-state index contributed by atoms with van der Waals surface area (Å²) in [7, 11) is 0. The molecule has 2 aliphatic rings. The minimum absolute atomic E-state index is 0.0596. The lowest BCUT2D eigenvalue weighted by Gasteiger charge is -2.40. The third-order valence-corrected chi connectivity index (χ3v) is 4.51. The molecule has 1 N–H and O–H groups in total. The molecule has 0 radical (unpaired) electrons. The van der Waals surface area contributed by atoms with Crippen LogP contribution >= 0.6 is 0 Å². The van der Waals surface area contributed by atoms with Gasteiger partial charge in [0.15, 0.2) is 0 Å². The summed E-state index contributed by atoms with van der Waals surface area (Å²) >= 11 is 0. The van der Waals surface area contributed by atoms with E-state index in [0.29, 0.717) is 32.5 Å². The molecule has 1 aliphatic carbocycles. The summed E-state index contributed by atoms with van der Waals surface area (Å²) in [6.07, 6.45) is 2.94. The van der Waals surface area contributed by atoms with Crippen LogP contribution < -0.4 is 0 Å². The van der Waals surface area contributed by atoms with Crippen LogP contribution in [0.25, 0.3) is 0 Å². The van der Waals surface area contributed by atoms with Crippen molar-refractivity contribution in [1.82, 2.24) is 4.90 Å². The highest BCUT2D eigenvalue weighted by Crippen LogP contribution is 2.48. The summed E-state index contributed by atoms with van der Waals surface area (Å²) in [5.41, 5.74) is 0.187. The van der Waals surface area contributed by atoms with Crippen LogP contribution in [0.4, 0.5) is 0 Å². The van der Waals surface area contributed by atoms with Crippen LogP contribution in [0, 0.1) is 5.41 Å². The molecule has 0 bridgehead atoms. The number of carboxylic acid groups (broad SMARTS) is 1. The third-order valence-electron chi connectivity index (χ3n) is 4.51. The normalized spacial score (nSPS) is 19.5. The number of benzene rings is 1. The van der Waals surface area contributed by atoms with E-state index in [1.165, 1.54) is 5.56 Å². The maximum absolute atomic E-state index is 12.1. The van der Waals surface area contributed by atoms with Crippen molar-refractivity contribution in [3.05, 3.63) is 35.9 Å². The van der Waals surface area contributed by atoms with Crippen LogP contribution in [-0.2, 0) is 20.7 Å². The van der Waals surface area contributed by atoms with E-state index in [1.807, 2.05) is 18.2 Å². The molecule has 118 valence electrons. The molecule has 22 heavy (non-hydrogen) atoms. The van der Waals surface area contributed by atoms with E-state index in [-0.39, 0.29) is 12.0 Å². The zero-order valence-electron chi connectivity index (χ0n) is 12.5. The zero-order chi connectivity index (χ0) is 15.6. The molecular formula is C17H21NO4. The number of carboxylic acids is 1. The van der Waals surface area contributed by atoms with Crippen LogP contribution in [0.3, 0.4) is 0 Å². The summed E-state index contributed by atoms with van der Waals surface area (Å²) in [4.78, 5) is 24.8. The fraction of sp³-hybridized carbons (Fsp3) is 0.529. The predicted molar refractivity (Wildman–Crippen MR) is 80.4 cm³/mol. The summed E-state index contributed by atoms with van der Waals surface area (Å²) in [5.74, 6) is -1.21. The zero-order valence-corrected chi connectivity index (χ0v) is 12.5. The van der Waals surface area contributed by atoms with Crippen molar-refractivity contribution in [2.45, 2.75) is 31.8 Å². The highest BCUT2D eigenvalue weighted by molar-refractivity contribution is 6.05. The number of aryl methyl sites for hydroxylation is 1. The lowest BCUT2D eigenvalue weighted by atomic mass is 10.0. The van der Waals surface area contributed by atoms with Gasteiger partial charge >= 0.3 is 5.97 Å². The lowest BCUT2D eigenvalue weighted by Crippen LogP contribution is -2.57. The van der Waals surface area contributed by atoms with Gasteiger partial charge in [0.2, 0.25) is 5.91 Å². The Labute approximate surface area is 129 Å². The van der Waals surface area contributed by atoms with Gasteiger partial charge < -0.3 is 14.7 Å². The summed E-state index contributed by atoms with van der Waals surface area (Å²) in [5, 5.41) is 9.11. The SMILES string of the molecule is O=C(O)C1(C(=O)N2CC(OCCCc3ccccc3)C2)CC1. The van der Waals surface area contributed by atoms with Gasteiger partial charge in [-0.05, 0) is 31.2 Å². The Hall–Kier alpha value is -1.88. The molecule has 0 unspecified atom stereocenters. The van der Waals surface area contributed by atoms with Gasteiger partial charge in [0.05, 0.1) is 6.10 Å². The van der Waals surface area contributed by atoms with E-state index in [4.69, 9.17) is 9.84 Å². The fourth-order valence-electron chi connectivity index (χ4n) is 2.83. The summed E-state index contributed by atoms with van der Waals surface area (Å²) in [6.45, 7) is 1.73. The van der Waals surface area contributed by atoms with Crippen molar-refractivity contribution < 1.29 is 19.4 Å². The molecule has 3 rings (SSSR count). The van der Waals surface area contributed by atoms with Gasteiger partial charge in [-0.3, -0.25) is 9.59 Å². The van der Waals surface area contributed by atoms with Gasteiger partial charge in [0.25, 0.3) is 0 Å². The van der Waals surface area contributed by atoms with Crippen molar-refractivity contribution in [3.63, 3.8) is 0 Å². The first-order chi connectivity index (χ1) is 10.6. The highest BCUT2D eigenvalue weighted by Gasteiger charge is 2.59. The number of likely N-dealkylation sites (tertiary alicyclic amines) is 1. The van der Waals surface area contributed by atoms with Gasteiger partial charge in [-0.2, -0.15) is 0 Å². The Morgan fingerprint density at radius 3 is 2.50 bits per heavy atom. The van der Waals surface area contributed by atoms with Crippen molar-refractivity contribution in [2.24, 2.45) is 5.41 Å². The van der Waals surface area contributed by atoms with Crippen molar-refractivity contribution in [3.8, 4) is 0 Å². The highest BCUT2D eigenvalue weighted by atomic mass is 16.5. The minimum atomic E-state index is -1.11. The van der Waals surface area contributed by atoms with Crippen LogP contribution in [0.15, 0.2) is 30.3 Å². The molecule has 5 heteroatoms. The quantitative estimate of drug-likeness (QED) is 0.615. The first-order valence-corrected chi connectivity index (χ1v) is 7.80. The molecule has 0 spiro atoms. The van der Waals surface area contributed by atoms with E-state index in [0.717, 1.165) is 12.8 Å². The van der Waals surface area contributed by atoms with Crippen molar-refractivity contribution >= 4 is 11.9 Å². The molecule has 1 saturated heterocycles. The van der Waals surface area contributed by atoms with E-state index in [2.05, 4.69) is 12.1 Å². The molecule has 5 nitrogen and oxygen atoms in total. The van der Waals surface area contributed by atoms with E-state index in [9.17, 15) is 9.59 Å². The number of carbonyl (C=O) groups excluding carboxylic acids is 1. The van der Waals surface area contributed by atoms with Gasteiger partial charge in [-0.25, -0.2) is 0 Å². The molecule has 0 aromatic heterocycles. The largest absolute Gasteiger partial charge is 0.480 e. The first-order valence-electron chi connectivity index (χ1n) is 7.80. The number of carbonyl (C=O) groups is 2. The average Bonchev–Trinajstić information content (AvgIpc) is 3.27. The number of hydrogen-bond acceptors (Lipinski definition) is 3. The standard InChI is InChI=1S/C17H21NO4/c19-15(17(8-9-17)16(20)21)18-11-14(12-18)22-10-4-7-13-5-2-1-3-6-13/h1-3,5-6,14H,4,7-12H2,(H,20,21). The van der Waals surface area contributed by atoms with Crippen molar-refractivity contribution in [2.75, 3.05) is 19.7 Å². The Kier molecular flexibility index (Phi) is 4.16. The van der Waals surface area contributed by atoms with Gasteiger partial charge in [-0.1, -0.05) is 30.3 Å². The van der Waals surface area contributed by atoms with Gasteiger partial charge in [0.1, 0.15) is 5.41 Å². The molecule has 1 aliphatic heterocycles. The lowest BCUT2D eigenvalue weighted by molar-refractivity contribution is -0.161. The fourth-order valence-corrected chi connectivity index (χ4v) is 2.83. The van der Waals surface area contributed by atoms with Crippen LogP contribution in [-0.4, -0.2) is 47.7 Å². The van der Waals surface area contributed by atoms with Gasteiger partial charge in [-0.15, -0.1) is 0 Å². The Balaban J connectivity index is 1.33. The number of hydrogen-bond donors (Lipinski definition) is 1. The summed E-state index contributed by atoms with van der Waals surface area (Å²) in [6, 6.07) is 10.3. The molecule has 2 fully saturated rings. The Morgan fingerprint density at radius 1 is 1.23 bits per heavy atom. The van der Waals surface area contributed by atoms with E-state index < -0.39 is 11.4 Å². The van der Waals surface area contributed by atoms with Crippen LogP contribution in [0.2, 0.25) is 0 Å². The molecular weight excluding hydrogens is 282 g/mol. The first kappa shape index (κ1) is 15.0. The molecule has 1 aromatic rings. The number of rotatable bonds is 7. The molecule has 1 amide bonds. The Morgan fingerprint density at radius 2 is 1.91 bits per heavy atom. The minimum Gasteiger partial charge on any atom is -0.480 e. The van der Waals surface area contributed by atoms with E-state index in [1.54, 1.807) is 4.90 Å². The third kappa shape index (κ3) is 2.99. The topological polar surface area (TPSA) is 66.8 Å². The number of nitrogens with zero attached hydrogens (tertiary/aromatic N) is 1. The molecule has 1 saturated carbocycles. The second-order valence-corrected chi connectivity index (χ2v) is 6.18. The predicted octanol–water partition coefficient (Wildman–Crippen LogP) is 1.71. The second-order valence-electron chi connectivity index (χ2n) is 6.18. The molecule has 1 heterocycles. The monoisotopic (exact) mass is 303 g/mol. The van der Waals surface area contributed by atoms with Crippen LogP contribution in [0.1, 0.15) is 24.8 Å². The summed E-state index contributed by atoms with van der Waals surface area (Å²) < 4.78 is 5.73. The maximum Gasteiger partial charge on any atom is 0.319 e. The van der Waals surface area contributed by atoms with Gasteiger partial charge in [0, 0.05) is 19.7 Å². The second kappa shape index (κ2) is 6.08. The Bertz CT molecular complexity index is 547.